The van der Waals surface area contributed by atoms with E-state index in [4.69, 9.17) is 16.3 Å². The Labute approximate surface area is 199 Å². The van der Waals surface area contributed by atoms with E-state index < -0.39 is 8.07 Å². The van der Waals surface area contributed by atoms with E-state index in [-0.39, 0.29) is 6.61 Å². The monoisotopic (exact) mass is 544 g/mol. The fraction of sp³-hybridized carbons (Fsp3) is 0.333. The van der Waals surface area contributed by atoms with Crippen molar-refractivity contribution in [2.45, 2.75) is 45.3 Å². The summed E-state index contributed by atoms with van der Waals surface area (Å²) in [5, 5.41) is 29.5. The summed E-state index contributed by atoms with van der Waals surface area (Å²) in [5.74, 6) is 0. The molecule has 0 radical (unpaired) electrons. The van der Waals surface area contributed by atoms with Crippen molar-refractivity contribution in [3.8, 4) is 12.1 Å². The number of aliphatic hydroxyl groups excluding tert-OH is 1. The van der Waals surface area contributed by atoms with Gasteiger partial charge in [0.1, 0.15) is 8.07 Å². The summed E-state index contributed by atoms with van der Waals surface area (Å²) >= 11 is 2.10. The SMILES string of the molecule is CC[Si](CC)(CC)c1[nH]c2ccc(C#N)cc2c1CCO.N#Cc1ccc(N)c(I)c1. The number of hydrogen-bond acceptors (Lipinski definition) is 4. The molecule has 0 saturated heterocycles. The average Bonchev–Trinajstić information content (AvgIpc) is 3.16. The van der Waals surface area contributed by atoms with Crippen molar-refractivity contribution >= 4 is 52.6 Å². The molecule has 3 rings (SSSR count). The molecular formula is C24H29IN4OSi. The molecule has 1 aromatic heterocycles. The Bertz CT molecular complexity index is 1110. The Morgan fingerprint density at radius 2 is 1.58 bits per heavy atom. The number of benzene rings is 2. The highest BCUT2D eigenvalue weighted by atomic mass is 127. The maximum atomic E-state index is 9.47. The summed E-state index contributed by atoms with van der Waals surface area (Å²) in [6, 6.07) is 18.9. The topological polar surface area (TPSA) is 110 Å². The van der Waals surface area contributed by atoms with Crippen molar-refractivity contribution < 1.29 is 5.11 Å². The minimum Gasteiger partial charge on any atom is -0.398 e. The van der Waals surface area contributed by atoms with Crippen LogP contribution in [0.5, 0.6) is 0 Å². The summed E-state index contributed by atoms with van der Waals surface area (Å²) in [6.07, 6.45) is 0.666. The number of rotatable bonds is 6. The number of aromatic nitrogens is 1. The lowest BCUT2D eigenvalue weighted by Crippen LogP contribution is -2.48. The second-order valence-electron chi connectivity index (χ2n) is 7.51. The molecule has 1 heterocycles. The molecule has 0 amide bonds. The van der Waals surface area contributed by atoms with Crippen molar-refractivity contribution in [3.05, 3.63) is 56.7 Å². The number of nitrogen functional groups attached to an aromatic ring is 1. The van der Waals surface area contributed by atoms with Crippen LogP contribution in [0.1, 0.15) is 37.5 Å². The van der Waals surface area contributed by atoms with E-state index >= 15 is 0 Å². The molecule has 0 unspecified atom stereocenters. The number of nitrogens with zero attached hydrogens (tertiary/aromatic N) is 2. The van der Waals surface area contributed by atoms with E-state index in [2.05, 4.69) is 54.4 Å². The van der Waals surface area contributed by atoms with Gasteiger partial charge in [0.05, 0.1) is 23.3 Å². The van der Waals surface area contributed by atoms with Gasteiger partial charge in [-0.15, -0.1) is 0 Å². The molecule has 0 fully saturated rings. The molecule has 31 heavy (non-hydrogen) atoms. The number of aromatic amines is 1. The predicted octanol–water partition coefficient (Wildman–Crippen LogP) is 5.03. The molecule has 162 valence electrons. The predicted molar refractivity (Wildman–Crippen MR) is 139 cm³/mol. The van der Waals surface area contributed by atoms with E-state index in [1.54, 1.807) is 18.2 Å². The molecule has 0 aliphatic heterocycles. The maximum Gasteiger partial charge on any atom is 0.107 e. The molecule has 0 aliphatic rings. The average molecular weight is 545 g/mol. The highest BCUT2D eigenvalue weighted by Crippen LogP contribution is 2.27. The van der Waals surface area contributed by atoms with Crippen molar-refractivity contribution in [2.24, 2.45) is 0 Å². The van der Waals surface area contributed by atoms with Gasteiger partial charge >= 0.3 is 0 Å². The van der Waals surface area contributed by atoms with Crippen LogP contribution in [0.4, 0.5) is 5.69 Å². The van der Waals surface area contributed by atoms with Crippen LogP contribution in [0, 0.1) is 26.2 Å². The van der Waals surface area contributed by atoms with Crippen LogP contribution >= 0.6 is 22.6 Å². The number of halogens is 1. The second kappa shape index (κ2) is 11.3. The molecule has 0 atom stereocenters. The van der Waals surface area contributed by atoms with Crippen molar-refractivity contribution in [3.63, 3.8) is 0 Å². The first-order valence-corrected chi connectivity index (χ1v) is 14.2. The van der Waals surface area contributed by atoms with Gasteiger partial charge in [-0.2, -0.15) is 10.5 Å². The quantitative estimate of drug-likeness (QED) is 0.230. The summed E-state index contributed by atoms with van der Waals surface area (Å²) in [4.78, 5) is 3.64. The Morgan fingerprint density at radius 1 is 1.00 bits per heavy atom. The highest BCUT2D eigenvalue weighted by Gasteiger charge is 2.33. The molecule has 7 heteroatoms. The zero-order valence-corrected chi connectivity index (χ0v) is 21.5. The fourth-order valence-corrected chi connectivity index (χ4v) is 8.39. The minimum absolute atomic E-state index is 0.151. The Kier molecular flexibility index (Phi) is 9.11. The maximum absolute atomic E-state index is 9.47. The van der Waals surface area contributed by atoms with Gasteiger partial charge in [0.25, 0.3) is 0 Å². The lowest BCUT2D eigenvalue weighted by Gasteiger charge is -2.28. The smallest absolute Gasteiger partial charge is 0.107 e. The van der Waals surface area contributed by atoms with Crippen LogP contribution in [-0.2, 0) is 6.42 Å². The molecule has 3 aromatic rings. The third kappa shape index (κ3) is 5.48. The van der Waals surface area contributed by atoms with Gasteiger partial charge in [0.15, 0.2) is 0 Å². The zero-order valence-electron chi connectivity index (χ0n) is 18.3. The molecule has 2 aromatic carbocycles. The molecule has 4 N–H and O–H groups in total. The second-order valence-corrected chi connectivity index (χ2v) is 13.9. The lowest BCUT2D eigenvalue weighted by molar-refractivity contribution is 0.300. The number of aliphatic hydroxyl groups is 1. The van der Waals surface area contributed by atoms with Gasteiger partial charge in [0, 0.05) is 32.1 Å². The first kappa shape index (κ1) is 24.9. The number of nitrogens with two attached hydrogens (primary N) is 1. The van der Waals surface area contributed by atoms with Crippen LogP contribution < -0.4 is 11.1 Å². The third-order valence-electron chi connectivity index (χ3n) is 6.09. The molecule has 0 aliphatic carbocycles. The first-order valence-electron chi connectivity index (χ1n) is 10.5. The van der Waals surface area contributed by atoms with Gasteiger partial charge in [-0.05, 0) is 71.0 Å². The number of H-pyrrole nitrogens is 1. The number of anilines is 1. The van der Waals surface area contributed by atoms with Crippen LogP contribution in [0.25, 0.3) is 10.9 Å². The molecule has 0 spiro atoms. The number of nitriles is 2. The summed E-state index contributed by atoms with van der Waals surface area (Å²) < 4.78 is 0.927. The van der Waals surface area contributed by atoms with Crippen LogP contribution in [-0.4, -0.2) is 24.8 Å². The standard InChI is InChI=1S/C17H24N2OSi.C7H5IN2/c1-4-21(5-2,6-3)17-14(9-10-20)15-11-13(12-18)7-8-16(15)19-17;8-6-3-5(4-9)1-2-7(6)10/h7-8,11,19-20H,4-6,9-10H2,1-3H3;1-3H,10H2. The fourth-order valence-electron chi connectivity index (χ4n) is 4.02. The van der Waals surface area contributed by atoms with Gasteiger partial charge in [0.2, 0.25) is 0 Å². The van der Waals surface area contributed by atoms with Crippen molar-refractivity contribution in [2.75, 3.05) is 12.3 Å². The van der Waals surface area contributed by atoms with E-state index in [1.165, 1.54) is 29.0 Å². The number of hydrogen-bond donors (Lipinski definition) is 3. The molecule has 0 bridgehead atoms. The first-order chi connectivity index (χ1) is 14.9. The molecule has 5 nitrogen and oxygen atoms in total. The Morgan fingerprint density at radius 3 is 2.10 bits per heavy atom. The summed E-state index contributed by atoms with van der Waals surface area (Å²) in [5.41, 5.74) is 9.92. The number of nitrogens with one attached hydrogen (secondary N) is 1. The largest absolute Gasteiger partial charge is 0.398 e. The van der Waals surface area contributed by atoms with Gasteiger partial charge in [-0.1, -0.05) is 38.9 Å². The van der Waals surface area contributed by atoms with Crippen LogP contribution in [0.15, 0.2) is 36.4 Å². The van der Waals surface area contributed by atoms with Gasteiger partial charge in [-0.3, -0.25) is 0 Å². The molecular weight excluding hydrogens is 515 g/mol. The van der Waals surface area contributed by atoms with E-state index in [9.17, 15) is 5.11 Å². The van der Waals surface area contributed by atoms with Gasteiger partial charge < -0.3 is 15.8 Å². The summed E-state index contributed by atoms with van der Waals surface area (Å²) in [6.45, 7) is 7.01. The highest BCUT2D eigenvalue weighted by molar-refractivity contribution is 14.1. The van der Waals surface area contributed by atoms with Crippen molar-refractivity contribution in [1.82, 2.24) is 4.98 Å². The van der Waals surface area contributed by atoms with Crippen LogP contribution in [0.3, 0.4) is 0 Å². The Balaban J connectivity index is 0.000000285. The summed E-state index contributed by atoms with van der Waals surface area (Å²) in [7, 11) is -1.54. The van der Waals surface area contributed by atoms with Gasteiger partial charge in [-0.25, -0.2) is 0 Å². The Hall–Kier alpha value is -2.33. The van der Waals surface area contributed by atoms with E-state index in [1.807, 2.05) is 24.3 Å². The van der Waals surface area contributed by atoms with E-state index in [0.717, 1.165) is 20.2 Å². The minimum atomic E-state index is -1.54. The third-order valence-corrected chi connectivity index (χ3v) is 12.6. The molecule has 0 saturated carbocycles. The number of fused-ring (bicyclic) bond motifs is 1. The zero-order chi connectivity index (χ0) is 23.0. The van der Waals surface area contributed by atoms with E-state index in [0.29, 0.717) is 17.5 Å². The lowest BCUT2D eigenvalue weighted by atomic mass is 10.1. The van der Waals surface area contributed by atoms with Crippen LogP contribution in [0.2, 0.25) is 18.1 Å². The normalized spacial score (nSPS) is 10.8. The van der Waals surface area contributed by atoms with Crippen molar-refractivity contribution in [1.29, 1.82) is 10.5 Å².